The Morgan fingerprint density at radius 3 is 2.25 bits per heavy atom. The van der Waals surface area contributed by atoms with Crippen molar-refractivity contribution in [2.75, 3.05) is 26.2 Å². The van der Waals surface area contributed by atoms with Gasteiger partial charge in [-0.1, -0.05) is 33.6 Å². The molecule has 0 bridgehead atoms. The highest BCUT2D eigenvalue weighted by Crippen LogP contribution is 2.33. The van der Waals surface area contributed by atoms with Crippen LogP contribution in [0, 0.1) is 11.3 Å². The predicted molar refractivity (Wildman–Crippen MR) is 92.2 cm³/mol. The first-order chi connectivity index (χ1) is 11.3. The van der Waals surface area contributed by atoms with E-state index >= 15 is 0 Å². The standard InChI is InChI=1S/C18H29N3O3/c1-18(2,3)14-12-20(13-14)17(24)19-10-6-4-5-7-11-21-15(22)8-9-16(21)23/h8-9,14H,4-7,10-13H2,1-3H3,(H,19,24). The van der Waals surface area contributed by atoms with Gasteiger partial charge in [0.25, 0.3) is 11.8 Å². The maximum absolute atomic E-state index is 12.0. The molecular formula is C18H29N3O3. The van der Waals surface area contributed by atoms with Crippen LogP contribution in [-0.2, 0) is 9.59 Å². The third-order valence-corrected chi connectivity index (χ3v) is 4.88. The Hall–Kier alpha value is -1.85. The maximum Gasteiger partial charge on any atom is 0.317 e. The lowest BCUT2D eigenvalue weighted by Crippen LogP contribution is -2.57. The van der Waals surface area contributed by atoms with Crippen molar-refractivity contribution in [2.45, 2.75) is 46.5 Å². The largest absolute Gasteiger partial charge is 0.338 e. The Labute approximate surface area is 144 Å². The van der Waals surface area contributed by atoms with Gasteiger partial charge in [-0.05, 0) is 24.2 Å². The molecule has 2 rings (SSSR count). The molecule has 0 radical (unpaired) electrons. The van der Waals surface area contributed by atoms with Gasteiger partial charge in [0.05, 0.1) is 0 Å². The molecule has 0 aromatic carbocycles. The molecule has 0 atom stereocenters. The highest BCUT2D eigenvalue weighted by atomic mass is 16.2. The zero-order valence-electron chi connectivity index (χ0n) is 15.0. The van der Waals surface area contributed by atoms with Crippen molar-refractivity contribution in [3.63, 3.8) is 0 Å². The fourth-order valence-corrected chi connectivity index (χ4v) is 2.90. The van der Waals surface area contributed by atoms with E-state index in [-0.39, 0.29) is 23.3 Å². The van der Waals surface area contributed by atoms with Crippen LogP contribution in [0.25, 0.3) is 0 Å². The zero-order chi connectivity index (χ0) is 17.7. The van der Waals surface area contributed by atoms with E-state index in [0.29, 0.717) is 19.0 Å². The number of unbranched alkanes of at least 4 members (excludes halogenated alkanes) is 3. The Bertz CT molecular complexity index is 498. The number of nitrogens with one attached hydrogen (secondary N) is 1. The molecule has 134 valence electrons. The Balaban J connectivity index is 1.47. The van der Waals surface area contributed by atoms with Gasteiger partial charge in [0.1, 0.15) is 0 Å². The quantitative estimate of drug-likeness (QED) is 0.572. The number of hydrogen-bond donors (Lipinski definition) is 1. The summed E-state index contributed by atoms with van der Waals surface area (Å²) in [5.41, 5.74) is 0.268. The molecule has 1 fully saturated rings. The summed E-state index contributed by atoms with van der Waals surface area (Å²) < 4.78 is 0. The molecule has 0 aromatic heterocycles. The zero-order valence-corrected chi connectivity index (χ0v) is 15.0. The normalized spacial score (nSPS) is 18.3. The first kappa shape index (κ1) is 18.5. The first-order valence-corrected chi connectivity index (χ1v) is 8.85. The van der Waals surface area contributed by atoms with Crippen molar-refractivity contribution in [2.24, 2.45) is 11.3 Å². The van der Waals surface area contributed by atoms with Gasteiger partial charge >= 0.3 is 6.03 Å². The van der Waals surface area contributed by atoms with E-state index in [0.717, 1.165) is 38.8 Å². The molecule has 24 heavy (non-hydrogen) atoms. The molecular weight excluding hydrogens is 306 g/mol. The SMILES string of the molecule is CC(C)(C)C1CN(C(=O)NCCCCCCN2C(=O)C=CC2=O)C1. The number of hydrogen-bond acceptors (Lipinski definition) is 3. The third-order valence-electron chi connectivity index (χ3n) is 4.88. The van der Waals surface area contributed by atoms with Crippen LogP contribution in [0.5, 0.6) is 0 Å². The molecule has 0 saturated carbocycles. The minimum absolute atomic E-state index is 0.0369. The van der Waals surface area contributed by atoms with Gasteiger partial charge in [0.15, 0.2) is 0 Å². The summed E-state index contributed by atoms with van der Waals surface area (Å²) >= 11 is 0. The first-order valence-electron chi connectivity index (χ1n) is 8.85. The smallest absolute Gasteiger partial charge is 0.317 e. The lowest BCUT2D eigenvalue weighted by molar-refractivity contribution is -0.136. The molecule has 6 heteroatoms. The maximum atomic E-state index is 12.0. The topological polar surface area (TPSA) is 69.7 Å². The van der Waals surface area contributed by atoms with Crippen molar-refractivity contribution in [3.8, 4) is 0 Å². The number of amides is 4. The molecule has 1 N–H and O–H groups in total. The number of rotatable bonds is 7. The van der Waals surface area contributed by atoms with Crippen molar-refractivity contribution >= 4 is 17.8 Å². The van der Waals surface area contributed by atoms with Crippen molar-refractivity contribution in [3.05, 3.63) is 12.2 Å². The van der Waals surface area contributed by atoms with Gasteiger partial charge in [0.2, 0.25) is 0 Å². The monoisotopic (exact) mass is 335 g/mol. The summed E-state index contributed by atoms with van der Waals surface area (Å²) in [5, 5.41) is 2.96. The molecule has 0 spiro atoms. The molecule has 4 amide bonds. The van der Waals surface area contributed by atoms with E-state index in [9.17, 15) is 14.4 Å². The summed E-state index contributed by atoms with van der Waals surface area (Å²) in [4.78, 5) is 37.9. The summed E-state index contributed by atoms with van der Waals surface area (Å²) in [6.07, 6.45) is 6.29. The number of nitrogens with zero attached hydrogens (tertiary/aromatic N) is 2. The van der Waals surface area contributed by atoms with Gasteiger partial charge in [-0.25, -0.2) is 4.79 Å². The van der Waals surface area contributed by atoms with Gasteiger partial charge < -0.3 is 10.2 Å². The summed E-state index contributed by atoms with van der Waals surface area (Å²) in [6, 6.07) is 0.0369. The predicted octanol–water partition coefficient (Wildman–Crippen LogP) is 2.16. The van der Waals surface area contributed by atoms with Crippen LogP contribution in [0.3, 0.4) is 0 Å². The van der Waals surface area contributed by atoms with Gasteiger partial charge in [0, 0.05) is 38.3 Å². The third kappa shape index (κ3) is 4.82. The summed E-state index contributed by atoms with van der Waals surface area (Å²) in [6.45, 7) is 9.50. The Kier molecular flexibility index (Phi) is 6.02. The van der Waals surface area contributed by atoms with Crippen LogP contribution >= 0.6 is 0 Å². The van der Waals surface area contributed by atoms with Crippen molar-refractivity contribution in [1.29, 1.82) is 0 Å². The van der Waals surface area contributed by atoms with Crippen LogP contribution in [0.4, 0.5) is 4.79 Å². The summed E-state index contributed by atoms with van der Waals surface area (Å²) in [5.74, 6) is 0.166. The highest BCUT2D eigenvalue weighted by molar-refractivity contribution is 6.12. The molecule has 1 saturated heterocycles. The number of likely N-dealkylation sites (tertiary alicyclic amines) is 1. The van der Waals surface area contributed by atoms with Crippen LogP contribution < -0.4 is 5.32 Å². The Morgan fingerprint density at radius 1 is 1.08 bits per heavy atom. The highest BCUT2D eigenvalue weighted by Gasteiger charge is 2.37. The second-order valence-electron chi connectivity index (χ2n) is 7.78. The Morgan fingerprint density at radius 2 is 1.67 bits per heavy atom. The summed E-state index contributed by atoms with van der Waals surface area (Å²) in [7, 11) is 0. The minimum Gasteiger partial charge on any atom is -0.338 e. The minimum atomic E-state index is -0.213. The molecule has 0 aliphatic carbocycles. The second-order valence-corrected chi connectivity index (χ2v) is 7.78. The molecule has 0 unspecified atom stereocenters. The van der Waals surface area contributed by atoms with E-state index in [2.05, 4.69) is 26.1 Å². The number of imide groups is 1. The van der Waals surface area contributed by atoms with Crippen molar-refractivity contribution < 1.29 is 14.4 Å². The molecule has 0 aromatic rings. The van der Waals surface area contributed by atoms with Crippen LogP contribution in [0.2, 0.25) is 0 Å². The van der Waals surface area contributed by atoms with E-state index in [1.807, 2.05) is 4.90 Å². The second kappa shape index (κ2) is 7.81. The van der Waals surface area contributed by atoms with Crippen molar-refractivity contribution in [1.82, 2.24) is 15.1 Å². The van der Waals surface area contributed by atoms with E-state index in [4.69, 9.17) is 0 Å². The lowest BCUT2D eigenvalue weighted by Gasteiger charge is -2.46. The van der Waals surface area contributed by atoms with E-state index in [1.54, 1.807) is 0 Å². The number of carbonyl (C=O) groups excluding carboxylic acids is 3. The fourth-order valence-electron chi connectivity index (χ4n) is 2.90. The van der Waals surface area contributed by atoms with Crippen LogP contribution in [0.15, 0.2) is 12.2 Å². The number of urea groups is 1. The van der Waals surface area contributed by atoms with Gasteiger partial charge in [-0.2, -0.15) is 0 Å². The lowest BCUT2D eigenvalue weighted by atomic mass is 9.76. The fraction of sp³-hybridized carbons (Fsp3) is 0.722. The van der Waals surface area contributed by atoms with E-state index < -0.39 is 0 Å². The van der Waals surface area contributed by atoms with Crippen LogP contribution in [-0.4, -0.2) is 53.8 Å². The molecule has 6 nitrogen and oxygen atoms in total. The average Bonchev–Trinajstić information content (AvgIpc) is 2.74. The van der Waals surface area contributed by atoms with Gasteiger partial charge in [-0.15, -0.1) is 0 Å². The van der Waals surface area contributed by atoms with Crippen LogP contribution in [0.1, 0.15) is 46.5 Å². The number of carbonyl (C=O) groups is 3. The average molecular weight is 335 g/mol. The molecule has 2 aliphatic heterocycles. The van der Waals surface area contributed by atoms with E-state index in [1.165, 1.54) is 17.1 Å². The van der Waals surface area contributed by atoms with Gasteiger partial charge in [-0.3, -0.25) is 14.5 Å². The molecule has 2 aliphatic rings. The molecule has 2 heterocycles.